The third-order valence-electron chi connectivity index (χ3n) is 2.59. The molecule has 0 fully saturated rings. The van der Waals surface area contributed by atoms with Crippen molar-refractivity contribution in [3.05, 3.63) is 29.3 Å². The van der Waals surface area contributed by atoms with Gasteiger partial charge in [0, 0.05) is 10.6 Å². The molecule has 0 aliphatic heterocycles. The molecule has 0 saturated carbocycles. The number of aromatic nitrogens is 3. The molecule has 0 aliphatic rings. The standard InChI is InChI=1S/C14H14ClN3O3S/c1-2-21-12(20)7-11(19)8-22-14-16-13(17-18-14)9-3-5-10(15)6-4-9/h3-6H,2,7-8H2,1H3,(H,16,17,18). The van der Waals surface area contributed by atoms with Gasteiger partial charge in [0.05, 0.1) is 12.4 Å². The van der Waals surface area contributed by atoms with Gasteiger partial charge < -0.3 is 4.74 Å². The molecule has 2 aromatic rings. The Morgan fingerprint density at radius 1 is 1.32 bits per heavy atom. The first-order chi connectivity index (χ1) is 10.6. The maximum absolute atomic E-state index is 11.6. The number of esters is 1. The van der Waals surface area contributed by atoms with E-state index in [1.165, 1.54) is 11.8 Å². The quantitative estimate of drug-likeness (QED) is 0.474. The van der Waals surface area contributed by atoms with Gasteiger partial charge in [0.1, 0.15) is 6.42 Å². The van der Waals surface area contributed by atoms with Gasteiger partial charge in [0.25, 0.3) is 0 Å². The lowest BCUT2D eigenvalue weighted by Gasteiger charge is -1.99. The monoisotopic (exact) mass is 339 g/mol. The van der Waals surface area contributed by atoms with E-state index >= 15 is 0 Å². The molecule has 1 N–H and O–H groups in total. The second-order valence-corrected chi connectivity index (χ2v) is 5.66. The van der Waals surface area contributed by atoms with Crippen molar-refractivity contribution in [2.24, 2.45) is 0 Å². The second kappa shape index (κ2) is 7.95. The van der Waals surface area contributed by atoms with Crippen LogP contribution in [0.2, 0.25) is 5.02 Å². The summed E-state index contributed by atoms with van der Waals surface area (Å²) >= 11 is 7.00. The molecule has 2 rings (SSSR count). The number of rotatable bonds is 7. The Morgan fingerprint density at radius 3 is 2.73 bits per heavy atom. The van der Waals surface area contributed by atoms with E-state index in [0.717, 1.165) is 5.56 Å². The van der Waals surface area contributed by atoms with Crippen LogP contribution in [0.3, 0.4) is 0 Å². The first kappa shape index (κ1) is 16.5. The van der Waals surface area contributed by atoms with Crippen LogP contribution in [-0.2, 0) is 14.3 Å². The van der Waals surface area contributed by atoms with Crippen LogP contribution in [-0.4, -0.2) is 39.3 Å². The summed E-state index contributed by atoms with van der Waals surface area (Å²) in [6.07, 6.45) is -0.227. The van der Waals surface area contributed by atoms with Crippen molar-refractivity contribution in [1.82, 2.24) is 15.2 Å². The van der Waals surface area contributed by atoms with Crippen LogP contribution >= 0.6 is 23.4 Å². The number of benzene rings is 1. The Kier molecular flexibility index (Phi) is 5.97. The van der Waals surface area contributed by atoms with E-state index in [9.17, 15) is 9.59 Å². The van der Waals surface area contributed by atoms with E-state index < -0.39 is 5.97 Å². The van der Waals surface area contributed by atoms with Crippen molar-refractivity contribution in [1.29, 1.82) is 0 Å². The molecule has 0 unspecified atom stereocenters. The number of aromatic amines is 1. The van der Waals surface area contributed by atoms with Gasteiger partial charge in [-0.2, -0.15) is 0 Å². The number of thioether (sulfide) groups is 1. The zero-order chi connectivity index (χ0) is 15.9. The van der Waals surface area contributed by atoms with E-state index in [4.69, 9.17) is 16.3 Å². The number of ether oxygens (including phenoxy) is 1. The maximum atomic E-state index is 11.6. The van der Waals surface area contributed by atoms with E-state index in [0.29, 0.717) is 16.0 Å². The lowest BCUT2D eigenvalue weighted by Crippen LogP contribution is -2.12. The molecule has 8 heteroatoms. The van der Waals surface area contributed by atoms with Gasteiger partial charge in [0.15, 0.2) is 11.6 Å². The van der Waals surface area contributed by atoms with Crippen LogP contribution in [0.1, 0.15) is 13.3 Å². The smallest absolute Gasteiger partial charge is 0.313 e. The fourth-order valence-electron chi connectivity index (χ4n) is 1.62. The zero-order valence-corrected chi connectivity index (χ0v) is 13.4. The van der Waals surface area contributed by atoms with Crippen molar-refractivity contribution in [3.63, 3.8) is 0 Å². The lowest BCUT2D eigenvalue weighted by molar-refractivity contribution is -0.145. The Hall–Kier alpha value is -1.86. The zero-order valence-electron chi connectivity index (χ0n) is 11.8. The third-order valence-corrected chi connectivity index (χ3v) is 3.75. The van der Waals surface area contributed by atoms with Crippen LogP contribution < -0.4 is 0 Å². The summed E-state index contributed by atoms with van der Waals surface area (Å²) in [5.41, 5.74) is 0.849. The normalized spacial score (nSPS) is 10.5. The molecule has 0 amide bonds. The number of H-pyrrole nitrogens is 1. The lowest BCUT2D eigenvalue weighted by atomic mass is 10.2. The van der Waals surface area contributed by atoms with Gasteiger partial charge in [-0.05, 0) is 31.2 Å². The van der Waals surface area contributed by atoms with Gasteiger partial charge in [-0.15, -0.1) is 5.10 Å². The minimum absolute atomic E-state index is 0.122. The van der Waals surface area contributed by atoms with Crippen molar-refractivity contribution in [2.45, 2.75) is 18.5 Å². The summed E-state index contributed by atoms with van der Waals surface area (Å²) < 4.78 is 4.72. The topological polar surface area (TPSA) is 84.9 Å². The number of nitrogens with zero attached hydrogens (tertiary/aromatic N) is 2. The summed E-state index contributed by atoms with van der Waals surface area (Å²) in [6.45, 7) is 1.97. The Morgan fingerprint density at radius 2 is 2.05 bits per heavy atom. The minimum Gasteiger partial charge on any atom is -0.466 e. The fraction of sp³-hybridized carbons (Fsp3) is 0.286. The predicted octanol–water partition coefficient (Wildman–Crippen LogP) is 2.74. The molecule has 1 aromatic heterocycles. The summed E-state index contributed by atoms with van der Waals surface area (Å²) in [4.78, 5) is 27.1. The van der Waals surface area contributed by atoms with Crippen molar-refractivity contribution >= 4 is 35.1 Å². The molecule has 0 saturated heterocycles. The van der Waals surface area contributed by atoms with E-state index in [2.05, 4.69) is 15.2 Å². The average molecular weight is 340 g/mol. The molecular formula is C14H14ClN3O3S. The van der Waals surface area contributed by atoms with Crippen molar-refractivity contribution < 1.29 is 14.3 Å². The SMILES string of the molecule is CCOC(=O)CC(=O)CSc1n[nH]c(-c2ccc(Cl)cc2)n1. The largest absolute Gasteiger partial charge is 0.466 e. The molecule has 0 radical (unpaired) electrons. The van der Waals surface area contributed by atoms with E-state index in [-0.39, 0.29) is 24.6 Å². The Balaban J connectivity index is 1.88. The van der Waals surface area contributed by atoms with Gasteiger partial charge in [0.2, 0.25) is 5.16 Å². The highest BCUT2D eigenvalue weighted by atomic mass is 35.5. The van der Waals surface area contributed by atoms with Gasteiger partial charge in [-0.25, -0.2) is 4.98 Å². The third kappa shape index (κ3) is 4.85. The summed E-state index contributed by atoms with van der Waals surface area (Å²) in [5, 5.41) is 7.91. The minimum atomic E-state index is -0.509. The van der Waals surface area contributed by atoms with Crippen LogP contribution in [0.15, 0.2) is 29.4 Å². The molecule has 1 aromatic carbocycles. The number of carbonyl (C=O) groups is 2. The molecule has 22 heavy (non-hydrogen) atoms. The summed E-state index contributed by atoms with van der Waals surface area (Å²) in [7, 11) is 0. The van der Waals surface area contributed by atoms with Crippen molar-refractivity contribution in [2.75, 3.05) is 12.4 Å². The molecule has 0 bridgehead atoms. The Labute approximate surface area is 136 Å². The van der Waals surface area contributed by atoms with E-state index in [1.807, 2.05) is 12.1 Å². The maximum Gasteiger partial charge on any atom is 0.313 e. The summed E-state index contributed by atoms with van der Waals surface area (Å²) in [5.74, 6) is -0.0141. The van der Waals surface area contributed by atoms with Crippen LogP contribution in [0.25, 0.3) is 11.4 Å². The number of halogens is 1. The molecule has 116 valence electrons. The first-order valence-electron chi connectivity index (χ1n) is 6.57. The van der Waals surface area contributed by atoms with Crippen LogP contribution in [0.5, 0.6) is 0 Å². The number of Topliss-reactive ketones (excluding diaryl/α,β-unsaturated/α-hetero) is 1. The number of nitrogens with one attached hydrogen (secondary N) is 1. The highest BCUT2D eigenvalue weighted by Crippen LogP contribution is 2.21. The van der Waals surface area contributed by atoms with E-state index in [1.54, 1.807) is 19.1 Å². The average Bonchev–Trinajstić information content (AvgIpc) is 2.95. The van der Waals surface area contributed by atoms with Crippen LogP contribution in [0.4, 0.5) is 0 Å². The van der Waals surface area contributed by atoms with Crippen LogP contribution in [0, 0.1) is 0 Å². The number of carbonyl (C=O) groups excluding carboxylic acids is 2. The molecule has 0 spiro atoms. The molecule has 0 atom stereocenters. The first-order valence-corrected chi connectivity index (χ1v) is 7.93. The highest BCUT2D eigenvalue weighted by molar-refractivity contribution is 7.99. The van der Waals surface area contributed by atoms with Gasteiger partial charge >= 0.3 is 5.97 Å². The highest BCUT2D eigenvalue weighted by Gasteiger charge is 2.13. The number of hydrogen-bond acceptors (Lipinski definition) is 6. The molecule has 1 heterocycles. The van der Waals surface area contributed by atoms with Crippen molar-refractivity contribution in [3.8, 4) is 11.4 Å². The molecule has 0 aliphatic carbocycles. The van der Waals surface area contributed by atoms with Gasteiger partial charge in [-0.3, -0.25) is 14.7 Å². The number of ketones is 1. The second-order valence-electron chi connectivity index (χ2n) is 4.28. The summed E-state index contributed by atoms with van der Waals surface area (Å²) in [6, 6.07) is 7.16. The number of hydrogen-bond donors (Lipinski definition) is 1. The fourth-order valence-corrected chi connectivity index (χ4v) is 2.40. The Bertz CT molecular complexity index is 658. The van der Waals surface area contributed by atoms with Gasteiger partial charge in [-0.1, -0.05) is 23.4 Å². The molecule has 6 nitrogen and oxygen atoms in total. The predicted molar refractivity (Wildman–Crippen MR) is 83.8 cm³/mol. The molecular weight excluding hydrogens is 326 g/mol.